The number of amides is 2. The lowest BCUT2D eigenvalue weighted by molar-refractivity contribution is -0.135. The van der Waals surface area contributed by atoms with Crippen LogP contribution in [-0.2, 0) is 9.53 Å². The van der Waals surface area contributed by atoms with Crippen molar-refractivity contribution in [1.29, 1.82) is 0 Å². The van der Waals surface area contributed by atoms with Gasteiger partial charge >= 0.3 is 12.1 Å². The number of carboxylic acids is 1. The van der Waals surface area contributed by atoms with E-state index in [1.54, 1.807) is 25.1 Å². The first-order valence-corrected chi connectivity index (χ1v) is 10.2. The summed E-state index contributed by atoms with van der Waals surface area (Å²) in [6.45, 7) is 1.43. The van der Waals surface area contributed by atoms with E-state index in [4.69, 9.17) is 9.84 Å². The topological polar surface area (TPSA) is 105 Å². The summed E-state index contributed by atoms with van der Waals surface area (Å²) in [4.78, 5) is 35.7. The van der Waals surface area contributed by atoms with E-state index in [-0.39, 0.29) is 23.8 Å². The smallest absolute Gasteiger partial charge is 0.411 e. The van der Waals surface area contributed by atoms with Crippen LogP contribution in [0.1, 0.15) is 33.0 Å². The Morgan fingerprint density at radius 2 is 1.56 bits per heavy atom. The zero-order valence-electron chi connectivity index (χ0n) is 17.4. The van der Waals surface area contributed by atoms with Gasteiger partial charge < -0.3 is 15.2 Å². The predicted octanol–water partition coefficient (Wildman–Crippen LogP) is 4.17. The Morgan fingerprint density at radius 3 is 2.19 bits per heavy atom. The normalized spacial score (nSPS) is 11.9. The summed E-state index contributed by atoms with van der Waals surface area (Å²) in [5.74, 6) is -1.83. The highest BCUT2D eigenvalue weighted by Crippen LogP contribution is 2.44. The van der Waals surface area contributed by atoms with Gasteiger partial charge in [-0.15, -0.1) is 0 Å². The third-order valence-electron chi connectivity index (χ3n) is 5.40. The second kappa shape index (κ2) is 8.93. The Labute approximate surface area is 185 Å². The van der Waals surface area contributed by atoms with Crippen LogP contribution in [-0.4, -0.2) is 36.2 Å². The van der Waals surface area contributed by atoms with Crippen molar-refractivity contribution in [2.24, 2.45) is 0 Å². The molecule has 0 fully saturated rings. The molecule has 3 aromatic carbocycles. The highest BCUT2D eigenvalue weighted by atomic mass is 16.5. The lowest BCUT2D eigenvalue weighted by Gasteiger charge is -2.16. The fraction of sp³-hybridized carbons (Fsp3) is 0.160. The molecule has 162 valence electrons. The fourth-order valence-electron chi connectivity index (χ4n) is 3.95. The zero-order chi connectivity index (χ0) is 22.7. The number of carboxylic acid groups (broad SMARTS) is 1. The first-order valence-electron chi connectivity index (χ1n) is 10.2. The van der Waals surface area contributed by atoms with Crippen LogP contribution in [0.3, 0.4) is 0 Å². The summed E-state index contributed by atoms with van der Waals surface area (Å²) in [6.07, 6.45) is -0.692. The summed E-state index contributed by atoms with van der Waals surface area (Å²) in [5.41, 5.74) is 5.68. The molecule has 0 atom stereocenters. The first kappa shape index (κ1) is 21.1. The second-order valence-corrected chi connectivity index (χ2v) is 7.58. The minimum Gasteiger partial charge on any atom is -0.480 e. The van der Waals surface area contributed by atoms with Gasteiger partial charge in [0, 0.05) is 5.92 Å². The van der Waals surface area contributed by atoms with Crippen molar-refractivity contribution in [2.45, 2.75) is 12.8 Å². The molecule has 3 N–H and O–H groups in total. The average Bonchev–Trinajstić information content (AvgIpc) is 3.11. The fourth-order valence-corrected chi connectivity index (χ4v) is 3.95. The molecule has 0 saturated heterocycles. The molecule has 2 amide bonds. The number of anilines is 1. The van der Waals surface area contributed by atoms with E-state index in [1.165, 1.54) is 0 Å². The number of aryl methyl sites for hydroxylation is 1. The van der Waals surface area contributed by atoms with Crippen LogP contribution in [0.25, 0.3) is 11.1 Å². The number of rotatable bonds is 6. The predicted molar refractivity (Wildman–Crippen MR) is 120 cm³/mol. The van der Waals surface area contributed by atoms with Crippen molar-refractivity contribution >= 4 is 23.7 Å². The van der Waals surface area contributed by atoms with Crippen LogP contribution in [0.4, 0.5) is 10.5 Å². The Hall–Kier alpha value is -4.13. The summed E-state index contributed by atoms with van der Waals surface area (Å²) >= 11 is 0. The maximum Gasteiger partial charge on any atom is 0.411 e. The number of hydrogen-bond acceptors (Lipinski definition) is 4. The van der Waals surface area contributed by atoms with Crippen LogP contribution in [0.15, 0.2) is 66.7 Å². The first-order chi connectivity index (χ1) is 15.4. The van der Waals surface area contributed by atoms with Crippen molar-refractivity contribution in [1.82, 2.24) is 5.32 Å². The summed E-state index contributed by atoms with van der Waals surface area (Å²) in [5, 5.41) is 13.7. The van der Waals surface area contributed by atoms with E-state index in [1.807, 2.05) is 36.4 Å². The van der Waals surface area contributed by atoms with Crippen LogP contribution in [0.5, 0.6) is 0 Å². The van der Waals surface area contributed by atoms with Gasteiger partial charge in [-0.3, -0.25) is 14.9 Å². The molecule has 0 saturated carbocycles. The van der Waals surface area contributed by atoms with Crippen molar-refractivity contribution < 1.29 is 24.2 Å². The molecule has 3 aromatic rings. The number of ether oxygens (including phenoxy) is 1. The van der Waals surface area contributed by atoms with Crippen LogP contribution < -0.4 is 10.6 Å². The molecule has 7 nitrogen and oxygen atoms in total. The number of hydrogen-bond donors (Lipinski definition) is 3. The van der Waals surface area contributed by atoms with E-state index in [9.17, 15) is 14.4 Å². The van der Waals surface area contributed by atoms with Crippen LogP contribution in [0.2, 0.25) is 0 Å². The lowest BCUT2D eigenvalue weighted by Crippen LogP contribution is -2.30. The highest BCUT2D eigenvalue weighted by Gasteiger charge is 2.29. The molecule has 0 aromatic heterocycles. The number of fused-ring (bicyclic) bond motifs is 3. The highest BCUT2D eigenvalue weighted by molar-refractivity contribution is 6.03. The Morgan fingerprint density at radius 1 is 0.938 bits per heavy atom. The van der Waals surface area contributed by atoms with Crippen molar-refractivity contribution in [3.05, 3.63) is 89.0 Å². The zero-order valence-corrected chi connectivity index (χ0v) is 17.4. The Balaban J connectivity index is 1.47. The van der Waals surface area contributed by atoms with Gasteiger partial charge in [0.05, 0.1) is 11.3 Å². The largest absolute Gasteiger partial charge is 0.480 e. The van der Waals surface area contributed by atoms with E-state index in [0.717, 1.165) is 27.8 Å². The van der Waals surface area contributed by atoms with Gasteiger partial charge in [-0.05, 0) is 41.3 Å². The third kappa shape index (κ3) is 4.32. The SMILES string of the molecule is Cc1ccc(NC(=O)OCC2c3ccccc3-c3ccccc32)c(C(=O)NCC(=O)O)c1. The lowest BCUT2D eigenvalue weighted by atomic mass is 9.98. The van der Waals surface area contributed by atoms with Gasteiger partial charge in [0.2, 0.25) is 0 Å². The molecule has 4 rings (SSSR count). The van der Waals surface area contributed by atoms with Gasteiger partial charge in [-0.25, -0.2) is 4.79 Å². The second-order valence-electron chi connectivity index (χ2n) is 7.58. The van der Waals surface area contributed by atoms with Crippen molar-refractivity contribution in [2.75, 3.05) is 18.5 Å². The summed E-state index contributed by atoms with van der Waals surface area (Å²) in [7, 11) is 0. The molecule has 0 unspecified atom stereocenters. The molecule has 0 radical (unpaired) electrons. The van der Waals surface area contributed by atoms with Crippen LogP contribution in [0, 0.1) is 6.92 Å². The van der Waals surface area contributed by atoms with E-state index < -0.39 is 24.5 Å². The van der Waals surface area contributed by atoms with E-state index >= 15 is 0 Å². The van der Waals surface area contributed by atoms with E-state index in [2.05, 4.69) is 22.8 Å². The Kier molecular flexibility index (Phi) is 5.89. The number of nitrogens with one attached hydrogen (secondary N) is 2. The van der Waals surface area contributed by atoms with Gasteiger partial charge in [0.15, 0.2) is 0 Å². The standard InChI is InChI=1S/C25H22N2O5/c1-15-10-11-22(20(12-15)24(30)26-13-23(28)29)27-25(31)32-14-21-18-8-4-2-6-16(18)17-7-3-5-9-19(17)21/h2-12,21H,13-14H2,1H3,(H,26,30)(H,27,31)(H,28,29). The van der Waals surface area contributed by atoms with Gasteiger partial charge in [0.1, 0.15) is 13.2 Å². The quantitative estimate of drug-likeness (QED) is 0.544. The van der Waals surface area contributed by atoms with Gasteiger partial charge in [-0.1, -0.05) is 60.2 Å². The molecule has 32 heavy (non-hydrogen) atoms. The van der Waals surface area contributed by atoms with Gasteiger partial charge in [0.25, 0.3) is 5.91 Å². The number of aliphatic carboxylic acids is 1. The molecule has 1 aliphatic rings. The van der Waals surface area contributed by atoms with Crippen molar-refractivity contribution in [3.63, 3.8) is 0 Å². The summed E-state index contributed by atoms with van der Waals surface area (Å²) in [6, 6.07) is 21.0. The molecule has 7 heteroatoms. The molecule has 0 spiro atoms. The average molecular weight is 430 g/mol. The minimum absolute atomic E-state index is 0.0792. The molecule has 0 aliphatic heterocycles. The molecular weight excluding hydrogens is 408 g/mol. The Bertz CT molecular complexity index is 1160. The maximum absolute atomic E-state index is 12.6. The monoisotopic (exact) mass is 430 g/mol. The molecule has 0 heterocycles. The van der Waals surface area contributed by atoms with Gasteiger partial charge in [-0.2, -0.15) is 0 Å². The maximum atomic E-state index is 12.6. The third-order valence-corrected chi connectivity index (χ3v) is 5.40. The summed E-state index contributed by atoms with van der Waals surface area (Å²) < 4.78 is 5.53. The number of carbonyl (C=O) groups excluding carboxylic acids is 2. The molecular formula is C25H22N2O5. The molecule has 1 aliphatic carbocycles. The number of benzene rings is 3. The van der Waals surface area contributed by atoms with E-state index in [0.29, 0.717) is 0 Å². The molecule has 0 bridgehead atoms. The minimum atomic E-state index is -1.16. The van der Waals surface area contributed by atoms with Crippen LogP contribution >= 0.6 is 0 Å². The van der Waals surface area contributed by atoms with Crippen molar-refractivity contribution in [3.8, 4) is 11.1 Å². The number of carbonyl (C=O) groups is 3.